The van der Waals surface area contributed by atoms with Gasteiger partial charge in [0.25, 0.3) is 5.91 Å². The Bertz CT molecular complexity index is 742. The molecule has 2 aromatic carbocycles. The quantitative estimate of drug-likeness (QED) is 0.811. The van der Waals surface area contributed by atoms with Gasteiger partial charge in [-0.05, 0) is 61.5 Å². The van der Waals surface area contributed by atoms with Gasteiger partial charge >= 0.3 is 0 Å². The maximum absolute atomic E-state index is 12.2. The van der Waals surface area contributed by atoms with Crippen LogP contribution < -0.4 is 15.5 Å². The van der Waals surface area contributed by atoms with Gasteiger partial charge in [0, 0.05) is 23.7 Å². The Balaban J connectivity index is 1.66. The highest BCUT2D eigenvalue weighted by Gasteiger charge is 2.16. The molecule has 124 valence electrons. The number of carbonyl (C=O) groups is 1. The predicted molar refractivity (Wildman–Crippen MR) is 103 cm³/mol. The molecule has 1 aliphatic rings. The van der Waals surface area contributed by atoms with E-state index in [1.807, 2.05) is 18.2 Å². The van der Waals surface area contributed by atoms with Gasteiger partial charge in [-0.2, -0.15) is 0 Å². The number of hydrogen-bond acceptors (Lipinski definition) is 3. The standard InChI is InChI=1S/C18H18ClN3OS/c19-14-9-7-13(8-10-14)17(23)21-18(24)20-15-5-1-2-6-16(15)22-11-3-4-12-22/h1-2,5-10H,3-4,11-12H2,(H2,20,21,23,24). The van der Waals surface area contributed by atoms with Crippen molar-refractivity contribution in [3.63, 3.8) is 0 Å². The molecule has 1 heterocycles. The number of amides is 1. The third-order valence-electron chi connectivity index (χ3n) is 3.93. The van der Waals surface area contributed by atoms with Crippen LogP contribution in [0.2, 0.25) is 5.02 Å². The lowest BCUT2D eigenvalue weighted by Gasteiger charge is -2.22. The van der Waals surface area contributed by atoms with Crippen molar-refractivity contribution in [3.05, 3.63) is 59.1 Å². The average Bonchev–Trinajstić information content (AvgIpc) is 3.10. The maximum atomic E-state index is 12.2. The second-order valence-corrected chi connectivity index (χ2v) is 6.47. The normalized spacial score (nSPS) is 13.6. The first-order valence-corrected chi connectivity index (χ1v) is 8.64. The Morgan fingerprint density at radius 3 is 2.42 bits per heavy atom. The lowest BCUT2D eigenvalue weighted by Crippen LogP contribution is -2.34. The molecular formula is C18H18ClN3OS. The van der Waals surface area contributed by atoms with Crippen LogP contribution in [0.25, 0.3) is 0 Å². The third-order valence-corrected chi connectivity index (χ3v) is 4.39. The predicted octanol–water partition coefficient (Wildman–Crippen LogP) is 4.07. The first-order valence-electron chi connectivity index (χ1n) is 7.85. The van der Waals surface area contributed by atoms with Gasteiger partial charge in [-0.25, -0.2) is 0 Å². The number of nitrogens with one attached hydrogen (secondary N) is 2. The summed E-state index contributed by atoms with van der Waals surface area (Å²) in [4.78, 5) is 14.5. The zero-order valence-electron chi connectivity index (χ0n) is 13.1. The molecule has 0 radical (unpaired) electrons. The molecule has 0 aromatic heterocycles. The van der Waals surface area contributed by atoms with Crippen molar-refractivity contribution in [2.45, 2.75) is 12.8 Å². The van der Waals surface area contributed by atoms with E-state index >= 15 is 0 Å². The summed E-state index contributed by atoms with van der Waals surface area (Å²) in [6, 6.07) is 14.7. The van der Waals surface area contributed by atoms with Crippen LogP contribution in [0.3, 0.4) is 0 Å². The van der Waals surface area contributed by atoms with Gasteiger partial charge in [-0.1, -0.05) is 23.7 Å². The average molecular weight is 360 g/mol. The minimum atomic E-state index is -0.261. The van der Waals surface area contributed by atoms with Crippen LogP contribution in [0, 0.1) is 0 Å². The van der Waals surface area contributed by atoms with Crippen molar-refractivity contribution in [2.24, 2.45) is 0 Å². The second-order valence-electron chi connectivity index (χ2n) is 5.63. The van der Waals surface area contributed by atoms with Crippen molar-refractivity contribution in [3.8, 4) is 0 Å². The molecule has 6 heteroatoms. The van der Waals surface area contributed by atoms with Crippen molar-refractivity contribution >= 4 is 46.2 Å². The van der Waals surface area contributed by atoms with E-state index in [4.69, 9.17) is 23.8 Å². The largest absolute Gasteiger partial charge is 0.370 e. The Kier molecular flexibility index (Phi) is 5.33. The van der Waals surface area contributed by atoms with Gasteiger partial charge < -0.3 is 10.2 Å². The van der Waals surface area contributed by atoms with Crippen molar-refractivity contribution in [1.29, 1.82) is 0 Å². The zero-order chi connectivity index (χ0) is 16.9. The fourth-order valence-corrected chi connectivity index (χ4v) is 3.07. The molecular weight excluding hydrogens is 342 g/mol. The van der Waals surface area contributed by atoms with Crippen molar-refractivity contribution in [1.82, 2.24) is 5.32 Å². The molecule has 24 heavy (non-hydrogen) atoms. The maximum Gasteiger partial charge on any atom is 0.257 e. The number of halogens is 1. The van der Waals surface area contributed by atoms with E-state index in [-0.39, 0.29) is 11.0 Å². The third kappa shape index (κ3) is 4.04. The van der Waals surface area contributed by atoms with Crippen LogP contribution in [0.5, 0.6) is 0 Å². The van der Waals surface area contributed by atoms with E-state index in [2.05, 4.69) is 21.6 Å². The fraction of sp³-hybridized carbons (Fsp3) is 0.222. The van der Waals surface area contributed by atoms with E-state index in [0.717, 1.165) is 24.5 Å². The number of nitrogens with zero attached hydrogens (tertiary/aromatic N) is 1. The molecule has 1 aliphatic heterocycles. The van der Waals surface area contributed by atoms with Gasteiger partial charge in [-0.15, -0.1) is 0 Å². The first-order chi connectivity index (χ1) is 11.6. The van der Waals surface area contributed by atoms with Gasteiger partial charge in [0.05, 0.1) is 11.4 Å². The zero-order valence-corrected chi connectivity index (χ0v) is 14.7. The van der Waals surface area contributed by atoms with Gasteiger partial charge in [0.15, 0.2) is 5.11 Å². The van der Waals surface area contributed by atoms with Gasteiger partial charge in [-0.3, -0.25) is 10.1 Å². The topological polar surface area (TPSA) is 44.4 Å². The molecule has 1 amide bonds. The number of thiocarbonyl (C=S) groups is 1. The lowest BCUT2D eigenvalue weighted by molar-refractivity contribution is 0.0978. The Hall–Kier alpha value is -2.11. The number of hydrogen-bond donors (Lipinski definition) is 2. The molecule has 0 aliphatic carbocycles. The van der Waals surface area contributed by atoms with Gasteiger partial charge in [0.2, 0.25) is 0 Å². The van der Waals surface area contributed by atoms with E-state index in [1.54, 1.807) is 24.3 Å². The van der Waals surface area contributed by atoms with E-state index in [1.165, 1.54) is 12.8 Å². The minimum Gasteiger partial charge on any atom is -0.370 e. The number of benzene rings is 2. The molecule has 0 saturated carbocycles. The van der Waals surface area contributed by atoms with Crippen LogP contribution >= 0.6 is 23.8 Å². The molecule has 0 bridgehead atoms. The van der Waals surface area contributed by atoms with E-state index in [0.29, 0.717) is 10.6 Å². The summed E-state index contributed by atoms with van der Waals surface area (Å²) >= 11 is 11.1. The molecule has 0 unspecified atom stereocenters. The number of anilines is 2. The summed E-state index contributed by atoms with van der Waals surface area (Å²) in [6.07, 6.45) is 2.40. The van der Waals surface area contributed by atoms with Gasteiger partial charge in [0.1, 0.15) is 0 Å². The van der Waals surface area contributed by atoms with Crippen LogP contribution in [-0.4, -0.2) is 24.1 Å². The summed E-state index contributed by atoms with van der Waals surface area (Å²) in [5.41, 5.74) is 2.52. The fourth-order valence-electron chi connectivity index (χ4n) is 2.74. The molecule has 3 rings (SSSR count). The summed E-state index contributed by atoms with van der Waals surface area (Å²) < 4.78 is 0. The Morgan fingerprint density at radius 2 is 1.71 bits per heavy atom. The molecule has 0 atom stereocenters. The minimum absolute atomic E-state index is 0.261. The van der Waals surface area contributed by atoms with E-state index < -0.39 is 0 Å². The van der Waals surface area contributed by atoms with Crippen LogP contribution in [0.1, 0.15) is 23.2 Å². The van der Waals surface area contributed by atoms with Crippen LogP contribution in [-0.2, 0) is 0 Å². The first kappa shape index (κ1) is 16.7. The number of rotatable bonds is 3. The smallest absolute Gasteiger partial charge is 0.257 e. The van der Waals surface area contributed by atoms with E-state index in [9.17, 15) is 4.79 Å². The summed E-state index contributed by atoms with van der Waals surface area (Å²) in [7, 11) is 0. The molecule has 1 fully saturated rings. The molecule has 0 spiro atoms. The highest BCUT2D eigenvalue weighted by Crippen LogP contribution is 2.28. The van der Waals surface area contributed by atoms with Crippen LogP contribution in [0.4, 0.5) is 11.4 Å². The molecule has 4 nitrogen and oxygen atoms in total. The monoisotopic (exact) mass is 359 g/mol. The second kappa shape index (κ2) is 7.64. The number of para-hydroxylation sites is 2. The Morgan fingerprint density at radius 1 is 1.04 bits per heavy atom. The lowest BCUT2D eigenvalue weighted by atomic mass is 10.2. The van der Waals surface area contributed by atoms with Crippen LogP contribution in [0.15, 0.2) is 48.5 Å². The molecule has 2 N–H and O–H groups in total. The molecule has 1 saturated heterocycles. The Labute approximate surface area is 151 Å². The highest BCUT2D eigenvalue weighted by atomic mass is 35.5. The summed E-state index contributed by atoms with van der Waals surface area (Å²) in [6.45, 7) is 2.09. The van der Waals surface area contributed by atoms with Crippen molar-refractivity contribution < 1.29 is 4.79 Å². The number of carbonyl (C=O) groups excluding carboxylic acids is 1. The molecule has 2 aromatic rings. The van der Waals surface area contributed by atoms with Crippen molar-refractivity contribution in [2.75, 3.05) is 23.3 Å². The summed E-state index contributed by atoms with van der Waals surface area (Å²) in [5.74, 6) is -0.261. The highest BCUT2D eigenvalue weighted by molar-refractivity contribution is 7.80. The SMILES string of the molecule is O=C(NC(=S)Nc1ccccc1N1CCCC1)c1ccc(Cl)cc1. The summed E-state index contributed by atoms with van der Waals surface area (Å²) in [5, 5.41) is 6.70.